The third kappa shape index (κ3) is 5.32. The average molecular weight is 463 g/mol. The number of nitrogens with one attached hydrogen (secondary N) is 3. The molecular formula is C23H31FN4O3S. The van der Waals surface area contributed by atoms with Gasteiger partial charge in [0.25, 0.3) is 0 Å². The zero-order valence-electron chi connectivity index (χ0n) is 18.9. The molecule has 0 aliphatic carbocycles. The first-order valence-corrected chi connectivity index (χ1v) is 11.9. The number of halogens is 1. The van der Waals surface area contributed by atoms with Crippen molar-refractivity contribution in [2.45, 2.75) is 57.1 Å². The number of thioether (sulfide) groups is 1. The van der Waals surface area contributed by atoms with E-state index in [1.807, 2.05) is 18.7 Å². The summed E-state index contributed by atoms with van der Waals surface area (Å²) < 4.78 is 13.2. The fourth-order valence-electron chi connectivity index (χ4n) is 3.91. The van der Waals surface area contributed by atoms with Gasteiger partial charge in [0.15, 0.2) is 0 Å². The number of nitrogens with zero attached hydrogens (tertiary/aromatic N) is 1. The number of carbonyl (C=O) groups is 3. The molecule has 2 aliphatic heterocycles. The molecule has 0 aromatic heterocycles. The smallest absolute Gasteiger partial charge is 0.245 e. The minimum Gasteiger partial charge on any atom is -0.368 e. The predicted molar refractivity (Wildman–Crippen MR) is 123 cm³/mol. The summed E-state index contributed by atoms with van der Waals surface area (Å²) in [5.41, 5.74) is 0.856. The summed E-state index contributed by atoms with van der Waals surface area (Å²) >= 11 is 1.48. The molecule has 4 atom stereocenters. The van der Waals surface area contributed by atoms with E-state index in [9.17, 15) is 18.8 Å². The quantitative estimate of drug-likeness (QED) is 0.514. The Morgan fingerprint density at radius 2 is 1.88 bits per heavy atom. The average Bonchev–Trinajstić information content (AvgIpc) is 3.45. The van der Waals surface area contributed by atoms with E-state index in [0.29, 0.717) is 17.8 Å². The van der Waals surface area contributed by atoms with Crippen LogP contribution >= 0.6 is 11.8 Å². The SMILES string of the molecule is CNC(C)C(=O)NC(C(=O)N1CCCC1C1NC(C(=O)c2ccc(F)cc2)=CS1)C(C)C. The Bertz CT molecular complexity index is 890. The van der Waals surface area contributed by atoms with Gasteiger partial charge in [-0.15, -0.1) is 11.8 Å². The highest BCUT2D eigenvalue weighted by molar-refractivity contribution is 8.03. The molecule has 1 aromatic rings. The molecular weight excluding hydrogens is 431 g/mol. The standard InChI is InChI=1S/C23H31FN4O3S/c1-13(2)19(27-21(30)14(3)25-4)23(31)28-11-5-6-18(28)22-26-17(12-32-22)20(29)15-7-9-16(24)10-8-15/h7-10,12-14,18-19,22,25-26H,5-6,11H2,1-4H3,(H,27,30). The predicted octanol–water partition coefficient (Wildman–Crippen LogP) is 2.25. The van der Waals surface area contributed by atoms with E-state index in [-0.39, 0.29) is 34.9 Å². The molecule has 9 heteroatoms. The molecule has 1 fully saturated rings. The van der Waals surface area contributed by atoms with Gasteiger partial charge in [-0.1, -0.05) is 13.8 Å². The Morgan fingerprint density at radius 3 is 2.50 bits per heavy atom. The van der Waals surface area contributed by atoms with Crippen molar-refractivity contribution in [1.82, 2.24) is 20.9 Å². The first-order chi connectivity index (χ1) is 15.2. The summed E-state index contributed by atoms with van der Waals surface area (Å²) in [5.74, 6) is -0.963. The lowest BCUT2D eigenvalue weighted by atomic mass is 10.0. The molecule has 174 valence electrons. The summed E-state index contributed by atoms with van der Waals surface area (Å²) in [7, 11) is 1.70. The maximum absolute atomic E-state index is 13.4. The number of allylic oxidation sites excluding steroid dienone is 1. The molecule has 32 heavy (non-hydrogen) atoms. The highest BCUT2D eigenvalue weighted by Gasteiger charge is 2.41. The fraction of sp³-hybridized carbons (Fsp3) is 0.522. The Morgan fingerprint density at radius 1 is 1.19 bits per heavy atom. The second-order valence-corrected chi connectivity index (χ2v) is 9.57. The van der Waals surface area contributed by atoms with Gasteiger partial charge in [0.1, 0.15) is 11.9 Å². The van der Waals surface area contributed by atoms with Crippen LogP contribution < -0.4 is 16.0 Å². The van der Waals surface area contributed by atoms with E-state index in [0.717, 1.165) is 12.8 Å². The highest BCUT2D eigenvalue weighted by Crippen LogP contribution is 2.33. The lowest BCUT2D eigenvalue weighted by Gasteiger charge is -2.34. The second-order valence-electron chi connectivity index (χ2n) is 8.55. The van der Waals surface area contributed by atoms with E-state index in [1.165, 1.54) is 36.0 Å². The van der Waals surface area contributed by atoms with Crippen LogP contribution in [0.3, 0.4) is 0 Å². The molecule has 1 saturated heterocycles. The molecule has 0 radical (unpaired) electrons. The maximum atomic E-state index is 13.4. The first-order valence-electron chi connectivity index (χ1n) is 10.9. The number of likely N-dealkylation sites (tertiary alicyclic amines) is 1. The topological polar surface area (TPSA) is 90.5 Å². The Balaban J connectivity index is 1.67. The Hall–Kier alpha value is -2.39. The van der Waals surface area contributed by atoms with Gasteiger partial charge in [-0.2, -0.15) is 0 Å². The third-order valence-electron chi connectivity index (χ3n) is 5.97. The van der Waals surface area contributed by atoms with Crippen LogP contribution in [0.15, 0.2) is 35.4 Å². The minimum absolute atomic E-state index is 0.0605. The summed E-state index contributed by atoms with van der Waals surface area (Å²) in [6.45, 7) is 6.20. The van der Waals surface area contributed by atoms with Gasteiger partial charge in [0, 0.05) is 17.5 Å². The number of Topliss-reactive ketones (excluding diaryl/α,β-unsaturated/α-hetero) is 1. The van der Waals surface area contributed by atoms with Crippen molar-refractivity contribution >= 4 is 29.4 Å². The Labute approximate surface area is 192 Å². The van der Waals surface area contributed by atoms with Crippen molar-refractivity contribution in [1.29, 1.82) is 0 Å². The van der Waals surface area contributed by atoms with Crippen molar-refractivity contribution in [2.24, 2.45) is 5.92 Å². The number of hydrogen-bond acceptors (Lipinski definition) is 6. The summed E-state index contributed by atoms with van der Waals surface area (Å²) in [6.07, 6.45) is 1.68. The molecule has 4 unspecified atom stereocenters. The van der Waals surface area contributed by atoms with E-state index >= 15 is 0 Å². The summed E-state index contributed by atoms with van der Waals surface area (Å²) in [5, 5.41) is 10.7. The molecule has 2 aliphatic rings. The summed E-state index contributed by atoms with van der Waals surface area (Å²) in [6, 6.07) is 4.35. The lowest BCUT2D eigenvalue weighted by molar-refractivity contribution is -0.138. The minimum atomic E-state index is -0.612. The van der Waals surface area contributed by atoms with Crippen molar-refractivity contribution in [3.63, 3.8) is 0 Å². The molecule has 0 bridgehead atoms. The number of amides is 2. The van der Waals surface area contributed by atoms with E-state index in [4.69, 9.17) is 0 Å². The van der Waals surface area contributed by atoms with Gasteiger partial charge in [-0.05, 0) is 57.0 Å². The zero-order chi connectivity index (χ0) is 23.4. The molecule has 3 rings (SSSR count). The largest absolute Gasteiger partial charge is 0.368 e. The van der Waals surface area contributed by atoms with Crippen LogP contribution in [0.1, 0.15) is 44.0 Å². The van der Waals surface area contributed by atoms with E-state index < -0.39 is 17.9 Å². The number of likely N-dealkylation sites (N-methyl/N-ethyl adjacent to an activating group) is 1. The van der Waals surface area contributed by atoms with Crippen LogP contribution in [0, 0.1) is 11.7 Å². The number of rotatable bonds is 8. The van der Waals surface area contributed by atoms with Crippen LogP contribution in [-0.2, 0) is 9.59 Å². The van der Waals surface area contributed by atoms with Crippen molar-refractivity contribution < 1.29 is 18.8 Å². The third-order valence-corrected chi connectivity index (χ3v) is 7.07. The molecule has 2 heterocycles. The molecule has 0 spiro atoms. The normalized spacial score (nSPS) is 22.3. The second kappa shape index (κ2) is 10.5. The number of ketones is 1. The van der Waals surface area contributed by atoms with Gasteiger partial charge in [0.2, 0.25) is 17.6 Å². The van der Waals surface area contributed by atoms with Gasteiger partial charge in [-0.3, -0.25) is 14.4 Å². The number of hydrogen-bond donors (Lipinski definition) is 3. The monoisotopic (exact) mass is 462 g/mol. The summed E-state index contributed by atoms with van der Waals surface area (Å²) in [4.78, 5) is 40.4. The van der Waals surface area contributed by atoms with Crippen LogP contribution in [0.25, 0.3) is 0 Å². The molecule has 3 N–H and O–H groups in total. The first kappa shape index (κ1) is 24.3. The van der Waals surface area contributed by atoms with Gasteiger partial charge in [0.05, 0.1) is 23.2 Å². The van der Waals surface area contributed by atoms with Crippen molar-refractivity contribution in [3.8, 4) is 0 Å². The van der Waals surface area contributed by atoms with Crippen LogP contribution in [0.2, 0.25) is 0 Å². The number of carbonyl (C=O) groups excluding carboxylic acids is 3. The van der Waals surface area contributed by atoms with Crippen molar-refractivity contribution in [2.75, 3.05) is 13.6 Å². The number of benzene rings is 1. The fourth-order valence-corrected chi connectivity index (χ4v) is 5.02. The van der Waals surface area contributed by atoms with E-state index in [2.05, 4.69) is 16.0 Å². The van der Waals surface area contributed by atoms with Crippen LogP contribution in [0.5, 0.6) is 0 Å². The Kier molecular flexibility index (Phi) is 7.95. The molecule has 0 saturated carbocycles. The maximum Gasteiger partial charge on any atom is 0.245 e. The van der Waals surface area contributed by atoms with Gasteiger partial charge >= 0.3 is 0 Å². The zero-order valence-corrected chi connectivity index (χ0v) is 19.7. The van der Waals surface area contributed by atoms with Gasteiger partial charge in [-0.25, -0.2) is 4.39 Å². The van der Waals surface area contributed by atoms with E-state index in [1.54, 1.807) is 19.4 Å². The highest BCUT2D eigenvalue weighted by atomic mass is 32.2. The molecule has 7 nitrogen and oxygen atoms in total. The van der Waals surface area contributed by atoms with Gasteiger partial charge < -0.3 is 20.9 Å². The molecule has 1 aromatic carbocycles. The van der Waals surface area contributed by atoms with Crippen LogP contribution in [0.4, 0.5) is 4.39 Å². The van der Waals surface area contributed by atoms with Crippen molar-refractivity contribution in [3.05, 3.63) is 46.8 Å². The lowest BCUT2D eigenvalue weighted by Crippen LogP contribution is -2.57. The van der Waals surface area contributed by atoms with Crippen LogP contribution in [-0.4, -0.2) is 59.6 Å². The molecule has 2 amide bonds.